The van der Waals surface area contributed by atoms with E-state index in [1.165, 1.54) is 19.3 Å². The van der Waals surface area contributed by atoms with E-state index in [2.05, 4.69) is 0 Å². The fraction of sp³-hybridized carbons (Fsp3) is 1.00. The molecule has 0 spiro atoms. The Morgan fingerprint density at radius 2 is 1.90 bits per heavy atom. The van der Waals surface area contributed by atoms with Crippen molar-refractivity contribution in [3.8, 4) is 0 Å². The molecule has 2 heteroatoms. The third kappa shape index (κ3) is 1.94. The highest BCUT2D eigenvalue weighted by Crippen LogP contribution is 2.22. The monoisotopic (exact) mass is 145 g/mol. The number of nitrogens with zero attached hydrogens (tertiary/aromatic N) is 1. The zero-order valence-electron chi connectivity index (χ0n) is 6.65. The summed E-state index contributed by atoms with van der Waals surface area (Å²) in [6.07, 6.45) is 5.85. The van der Waals surface area contributed by atoms with Crippen LogP contribution in [0, 0.1) is 0 Å². The van der Waals surface area contributed by atoms with Crippen LogP contribution in [0.2, 0.25) is 0 Å². The molecular weight excluding hydrogens is 129 g/mol. The summed E-state index contributed by atoms with van der Waals surface area (Å²) in [5.74, 6) is 0. The average Bonchev–Trinajstić information content (AvgIpc) is 2.05. The number of halogens is 1. The minimum atomic E-state index is 0.235. The third-order valence-electron chi connectivity index (χ3n) is 2.27. The third-order valence-corrected chi connectivity index (χ3v) is 2.27. The van der Waals surface area contributed by atoms with Gasteiger partial charge >= 0.3 is 0 Å². The van der Waals surface area contributed by atoms with E-state index in [0.29, 0.717) is 6.54 Å². The van der Waals surface area contributed by atoms with Crippen LogP contribution in [0.5, 0.6) is 0 Å². The van der Waals surface area contributed by atoms with Crippen LogP contribution in [-0.2, 0) is 0 Å². The SMILES string of the molecule is CCN(F)C1CCCCC1. The fourth-order valence-corrected chi connectivity index (χ4v) is 1.62. The Hall–Kier alpha value is -0.110. The fourth-order valence-electron chi connectivity index (χ4n) is 1.62. The lowest BCUT2D eigenvalue weighted by Gasteiger charge is -2.25. The largest absolute Gasteiger partial charge is 0.144 e. The molecule has 0 unspecified atom stereocenters. The topological polar surface area (TPSA) is 3.24 Å². The zero-order chi connectivity index (χ0) is 7.40. The zero-order valence-corrected chi connectivity index (χ0v) is 6.65. The Morgan fingerprint density at radius 3 is 2.40 bits per heavy atom. The van der Waals surface area contributed by atoms with Gasteiger partial charge in [-0.05, 0) is 19.8 Å². The van der Waals surface area contributed by atoms with E-state index in [1.54, 1.807) is 0 Å². The van der Waals surface area contributed by atoms with Gasteiger partial charge in [-0.25, -0.2) is 0 Å². The smallest absolute Gasteiger partial charge is 0.0402 e. The molecule has 0 aromatic heterocycles. The van der Waals surface area contributed by atoms with Gasteiger partial charge in [0.25, 0.3) is 0 Å². The van der Waals surface area contributed by atoms with E-state index >= 15 is 0 Å². The molecule has 10 heavy (non-hydrogen) atoms. The standard InChI is InChI=1S/C8H16FN/c1-2-10(9)8-6-4-3-5-7-8/h8H,2-7H2,1H3. The van der Waals surface area contributed by atoms with E-state index in [1.807, 2.05) is 6.92 Å². The molecule has 0 bridgehead atoms. The first-order valence-corrected chi connectivity index (χ1v) is 4.27. The van der Waals surface area contributed by atoms with Crippen LogP contribution < -0.4 is 0 Å². The highest BCUT2D eigenvalue weighted by molar-refractivity contribution is 4.69. The van der Waals surface area contributed by atoms with Gasteiger partial charge in [-0.2, -0.15) is 0 Å². The first-order chi connectivity index (χ1) is 4.84. The second kappa shape index (κ2) is 3.91. The maximum Gasteiger partial charge on any atom is 0.0402 e. The van der Waals surface area contributed by atoms with E-state index < -0.39 is 0 Å². The first kappa shape index (κ1) is 7.99. The molecule has 0 aromatic rings. The number of hydrogen-bond donors (Lipinski definition) is 0. The molecular formula is C8H16FN. The Morgan fingerprint density at radius 1 is 1.30 bits per heavy atom. The van der Waals surface area contributed by atoms with Gasteiger partial charge < -0.3 is 0 Å². The maximum atomic E-state index is 12.9. The Labute approximate surface area is 62.1 Å². The van der Waals surface area contributed by atoms with Crippen LogP contribution in [0.15, 0.2) is 0 Å². The molecule has 0 saturated heterocycles. The minimum absolute atomic E-state index is 0.235. The van der Waals surface area contributed by atoms with Gasteiger partial charge in [0.1, 0.15) is 0 Å². The second-order valence-electron chi connectivity index (χ2n) is 3.01. The van der Waals surface area contributed by atoms with Crippen LogP contribution >= 0.6 is 0 Å². The Bertz CT molecular complexity index is 89.3. The van der Waals surface area contributed by atoms with Gasteiger partial charge in [-0.3, -0.25) is 0 Å². The summed E-state index contributed by atoms with van der Waals surface area (Å²) in [7, 11) is 0. The Kier molecular flexibility index (Phi) is 3.13. The predicted molar refractivity (Wildman–Crippen MR) is 40.4 cm³/mol. The summed E-state index contributed by atoms with van der Waals surface area (Å²) in [5, 5.41) is 0.985. The van der Waals surface area contributed by atoms with Gasteiger partial charge in [-0.1, -0.05) is 19.3 Å². The molecule has 0 aromatic carbocycles. The summed E-state index contributed by atoms with van der Waals surface area (Å²) in [6, 6.07) is 0.235. The molecule has 0 heterocycles. The first-order valence-electron chi connectivity index (χ1n) is 4.27. The molecule has 1 saturated carbocycles. The van der Waals surface area contributed by atoms with Gasteiger partial charge in [0.15, 0.2) is 0 Å². The molecule has 0 radical (unpaired) electrons. The highest BCUT2D eigenvalue weighted by atomic mass is 19.2. The number of rotatable bonds is 2. The van der Waals surface area contributed by atoms with Gasteiger partial charge in [0, 0.05) is 12.6 Å². The van der Waals surface area contributed by atoms with Crippen molar-refractivity contribution >= 4 is 0 Å². The minimum Gasteiger partial charge on any atom is -0.144 e. The lowest BCUT2D eigenvalue weighted by Crippen LogP contribution is -2.29. The predicted octanol–water partition coefficient (Wildman–Crippen LogP) is 2.53. The molecule has 1 nitrogen and oxygen atoms in total. The molecule has 0 N–H and O–H groups in total. The van der Waals surface area contributed by atoms with Crippen molar-refractivity contribution in [1.29, 1.82) is 0 Å². The lowest BCUT2D eigenvalue weighted by atomic mass is 9.95. The Balaban J connectivity index is 2.24. The van der Waals surface area contributed by atoms with E-state index in [9.17, 15) is 4.48 Å². The molecule has 1 fully saturated rings. The molecule has 0 aliphatic heterocycles. The molecule has 0 amide bonds. The van der Waals surface area contributed by atoms with Crippen molar-refractivity contribution in [2.75, 3.05) is 6.54 Å². The van der Waals surface area contributed by atoms with Crippen molar-refractivity contribution in [2.24, 2.45) is 0 Å². The van der Waals surface area contributed by atoms with Crippen molar-refractivity contribution in [2.45, 2.75) is 45.1 Å². The van der Waals surface area contributed by atoms with Crippen molar-refractivity contribution < 1.29 is 4.48 Å². The number of hydrogen-bond acceptors (Lipinski definition) is 1. The molecule has 60 valence electrons. The van der Waals surface area contributed by atoms with E-state index in [0.717, 1.165) is 18.0 Å². The van der Waals surface area contributed by atoms with Gasteiger partial charge in [0.05, 0.1) is 0 Å². The van der Waals surface area contributed by atoms with Crippen LogP contribution in [0.4, 0.5) is 4.48 Å². The molecule has 1 aliphatic rings. The van der Waals surface area contributed by atoms with Crippen LogP contribution in [-0.4, -0.2) is 17.7 Å². The van der Waals surface area contributed by atoms with Crippen LogP contribution in [0.1, 0.15) is 39.0 Å². The van der Waals surface area contributed by atoms with E-state index in [-0.39, 0.29) is 6.04 Å². The summed E-state index contributed by atoms with van der Waals surface area (Å²) >= 11 is 0. The van der Waals surface area contributed by atoms with Gasteiger partial charge in [-0.15, -0.1) is 9.60 Å². The highest BCUT2D eigenvalue weighted by Gasteiger charge is 2.18. The lowest BCUT2D eigenvalue weighted by molar-refractivity contribution is -0.0303. The quantitative estimate of drug-likeness (QED) is 0.540. The summed E-state index contributed by atoms with van der Waals surface area (Å²) < 4.78 is 12.9. The molecule has 1 aliphatic carbocycles. The molecule has 1 rings (SSSR count). The van der Waals surface area contributed by atoms with Crippen LogP contribution in [0.3, 0.4) is 0 Å². The summed E-state index contributed by atoms with van der Waals surface area (Å²) in [6.45, 7) is 2.42. The van der Waals surface area contributed by atoms with Crippen LogP contribution in [0.25, 0.3) is 0 Å². The summed E-state index contributed by atoms with van der Waals surface area (Å²) in [4.78, 5) is 0. The van der Waals surface area contributed by atoms with E-state index in [4.69, 9.17) is 0 Å². The second-order valence-corrected chi connectivity index (χ2v) is 3.01. The average molecular weight is 145 g/mol. The maximum absolute atomic E-state index is 12.9. The molecule has 0 atom stereocenters. The van der Waals surface area contributed by atoms with Crippen molar-refractivity contribution in [3.05, 3.63) is 0 Å². The van der Waals surface area contributed by atoms with Crippen molar-refractivity contribution in [3.63, 3.8) is 0 Å². The summed E-state index contributed by atoms with van der Waals surface area (Å²) in [5.41, 5.74) is 0. The normalized spacial score (nSPS) is 21.9. The van der Waals surface area contributed by atoms with Crippen molar-refractivity contribution in [1.82, 2.24) is 5.12 Å². The van der Waals surface area contributed by atoms with Gasteiger partial charge in [0.2, 0.25) is 0 Å².